The molecular formula is C22H21ClO4S. The summed E-state index contributed by atoms with van der Waals surface area (Å²) in [5.74, 6) is 0.421. The second kappa shape index (κ2) is 8.25. The maximum absolute atomic E-state index is 11.9. The van der Waals surface area contributed by atoms with Gasteiger partial charge in [0, 0.05) is 21.0 Å². The van der Waals surface area contributed by atoms with Gasteiger partial charge >= 0.3 is 5.97 Å². The Balaban J connectivity index is 2.09. The van der Waals surface area contributed by atoms with Crippen molar-refractivity contribution in [3.05, 3.63) is 57.4 Å². The van der Waals surface area contributed by atoms with Crippen molar-refractivity contribution in [1.29, 1.82) is 0 Å². The molecule has 0 saturated carbocycles. The van der Waals surface area contributed by atoms with Gasteiger partial charge < -0.3 is 14.6 Å². The van der Waals surface area contributed by atoms with E-state index >= 15 is 0 Å². The molecule has 1 N–H and O–H groups in total. The Bertz CT molecular complexity index is 1050. The van der Waals surface area contributed by atoms with Crippen LogP contribution in [0.25, 0.3) is 21.7 Å². The fraction of sp³-hybridized carbons (Fsp3) is 0.227. The molecular weight excluding hydrogens is 396 g/mol. The Morgan fingerprint density at radius 2 is 1.82 bits per heavy atom. The quantitative estimate of drug-likeness (QED) is 0.477. The van der Waals surface area contributed by atoms with Crippen LogP contribution in [0.5, 0.6) is 11.5 Å². The van der Waals surface area contributed by atoms with Crippen molar-refractivity contribution >= 4 is 50.6 Å². The highest BCUT2D eigenvalue weighted by Gasteiger charge is 2.17. The van der Waals surface area contributed by atoms with Gasteiger partial charge in [0.15, 0.2) is 11.5 Å². The van der Waals surface area contributed by atoms with Gasteiger partial charge in [-0.1, -0.05) is 49.7 Å². The van der Waals surface area contributed by atoms with Gasteiger partial charge in [-0.2, -0.15) is 0 Å². The predicted molar refractivity (Wildman–Crippen MR) is 116 cm³/mol. The summed E-state index contributed by atoms with van der Waals surface area (Å²) in [6.45, 7) is 4.21. The molecule has 0 bridgehead atoms. The molecule has 146 valence electrons. The second-order valence-electron chi connectivity index (χ2n) is 6.63. The highest BCUT2D eigenvalue weighted by molar-refractivity contribution is 7.20. The number of aliphatic carboxylic acids is 1. The molecule has 2 aromatic carbocycles. The van der Waals surface area contributed by atoms with Gasteiger partial charge in [0.2, 0.25) is 0 Å². The Hall–Kier alpha value is -2.50. The molecule has 0 saturated heterocycles. The van der Waals surface area contributed by atoms with Crippen LogP contribution in [-0.2, 0) is 4.79 Å². The van der Waals surface area contributed by atoms with Crippen molar-refractivity contribution in [1.82, 2.24) is 0 Å². The summed E-state index contributed by atoms with van der Waals surface area (Å²) >= 11 is 7.92. The minimum atomic E-state index is -0.976. The number of rotatable bonds is 6. The maximum Gasteiger partial charge on any atom is 0.336 e. The van der Waals surface area contributed by atoms with Gasteiger partial charge in [0.1, 0.15) is 0 Å². The van der Waals surface area contributed by atoms with E-state index in [1.807, 2.05) is 36.4 Å². The summed E-state index contributed by atoms with van der Waals surface area (Å²) < 4.78 is 11.6. The van der Waals surface area contributed by atoms with E-state index in [1.165, 1.54) is 24.0 Å². The topological polar surface area (TPSA) is 55.8 Å². The lowest BCUT2D eigenvalue weighted by atomic mass is 9.98. The van der Waals surface area contributed by atoms with E-state index in [0.717, 1.165) is 15.0 Å². The van der Waals surface area contributed by atoms with E-state index in [9.17, 15) is 9.90 Å². The number of carboxylic acids is 1. The van der Waals surface area contributed by atoms with Crippen LogP contribution in [0.4, 0.5) is 0 Å². The average molecular weight is 417 g/mol. The first-order valence-electron chi connectivity index (χ1n) is 8.75. The van der Waals surface area contributed by atoms with Crippen molar-refractivity contribution in [2.75, 3.05) is 14.2 Å². The monoisotopic (exact) mass is 416 g/mol. The lowest BCUT2D eigenvalue weighted by molar-refractivity contribution is -0.130. The Labute approximate surface area is 173 Å². The molecule has 0 aliphatic carbocycles. The van der Waals surface area contributed by atoms with Gasteiger partial charge in [0.05, 0.1) is 24.8 Å². The number of thiophene rings is 1. The van der Waals surface area contributed by atoms with Gasteiger partial charge in [-0.05, 0) is 29.2 Å². The Kier molecular flexibility index (Phi) is 5.96. The number of hydrogen-bond donors (Lipinski definition) is 1. The third kappa shape index (κ3) is 3.86. The number of methoxy groups -OCH3 is 2. The van der Waals surface area contributed by atoms with Gasteiger partial charge in [-0.25, -0.2) is 4.79 Å². The van der Waals surface area contributed by atoms with Crippen LogP contribution in [0.3, 0.4) is 0 Å². The molecule has 0 fully saturated rings. The molecule has 0 spiro atoms. The molecule has 28 heavy (non-hydrogen) atoms. The zero-order valence-corrected chi connectivity index (χ0v) is 17.6. The molecule has 1 heterocycles. The molecule has 3 aromatic rings. The third-order valence-electron chi connectivity index (χ3n) is 4.53. The van der Waals surface area contributed by atoms with Gasteiger partial charge in [-0.3, -0.25) is 0 Å². The standard InChI is InChI=1S/C22H21ClO4S/c1-12(2)13-5-7-14(8-6-13)16(22(24)25)9-15-10-17-19(28-15)11-18(26-3)21(27-4)20(17)23/h5-12H,1-4H3,(H,24,25). The van der Waals surface area contributed by atoms with Crippen LogP contribution >= 0.6 is 22.9 Å². The number of fused-ring (bicyclic) bond motifs is 1. The SMILES string of the molecule is COc1cc2sc(C=C(C(=O)O)c3ccc(C(C)C)cc3)cc2c(Cl)c1OC. The van der Waals surface area contributed by atoms with Crippen LogP contribution in [-0.4, -0.2) is 25.3 Å². The van der Waals surface area contributed by atoms with Crippen molar-refractivity contribution in [2.24, 2.45) is 0 Å². The molecule has 0 aliphatic heterocycles. The number of hydrogen-bond acceptors (Lipinski definition) is 4. The van der Waals surface area contributed by atoms with Crippen LogP contribution in [0, 0.1) is 0 Å². The first kappa shape index (κ1) is 20.2. The predicted octanol–water partition coefficient (Wildman–Crippen LogP) is 6.32. The number of carbonyl (C=O) groups is 1. The Morgan fingerprint density at radius 3 is 2.36 bits per heavy atom. The highest BCUT2D eigenvalue weighted by Crippen LogP contribution is 2.44. The summed E-state index contributed by atoms with van der Waals surface area (Å²) in [6, 6.07) is 11.3. The molecule has 1 aromatic heterocycles. The van der Waals surface area contributed by atoms with Crippen LogP contribution in [0.1, 0.15) is 35.8 Å². The lowest BCUT2D eigenvalue weighted by Gasteiger charge is -2.09. The normalized spacial score (nSPS) is 11.9. The zero-order valence-electron chi connectivity index (χ0n) is 16.1. The minimum Gasteiger partial charge on any atom is -0.493 e. The summed E-state index contributed by atoms with van der Waals surface area (Å²) in [7, 11) is 3.09. The fourth-order valence-electron chi connectivity index (χ4n) is 2.99. The molecule has 6 heteroatoms. The summed E-state index contributed by atoms with van der Waals surface area (Å²) in [6.07, 6.45) is 1.67. The molecule has 0 unspecified atom stereocenters. The van der Waals surface area contributed by atoms with Gasteiger partial charge in [0.25, 0.3) is 0 Å². The highest BCUT2D eigenvalue weighted by atomic mass is 35.5. The van der Waals surface area contributed by atoms with E-state index in [4.69, 9.17) is 21.1 Å². The summed E-state index contributed by atoms with van der Waals surface area (Å²) in [4.78, 5) is 12.7. The average Bonchev–Trinajstić information content (AvgIpc) is 3.08. The van der Waals surface area contributed by atoms with Gasteiger partial charge in [-0.15, -0.1) is 11.3 Å². The molecule has 4 nitrogen and oxygen atoms in total. The van der Waals surface area contributed by atoms with Crippen LogP contribution in [0.15, 0.2) is 36.4 Å². The molecule has 0 radical (unpaired) electrons. The van der Waals surface area contributed by atoms with E-state index < -0.39 is 5.97 Å². The van der Waals surface area contributed by atoms with Crippen LogP contribution in [0.2, 0.25) is 5.02 Å². The van der Waals surface area contributed by atoms with Crippen molar-refractivity contribution in [2.45, 2.75) is 19.8 Å². The first-order chi connectivity index (χ1) is 13.3. The smallest absolute Gasteiger partial charge is 0.336 e. The number of benzene rings is 2. The van der Waals surface area contributed by atoms with E-state index in [0.29, 0.717) is 28.0 Å². The fourth-order valence-corrected chi connectivity index (χ4v) is 4.42. The molecule has 0 amide bonds. The summed E-state index contributed by atoms with van der Waals surface area (Å²) in [5, 5.41) is 11.0. The molecule has 0 aliphatic rings. The van der Waals surface area contributed by atoms with Crippen molar-refractivity contribution < 1.29 is 19.4 Å². The zero-order chi connectivity index (χ0) is 20.4. The minimum absolute atomic E-state index is 0.233. The first-order valence-corrected chi connectivity index (χ1v) is 9.94. The van der Waals surface area contributed by atoms with E-state index in [-0.39, 0.29) is 5.57 Å². The third-order valence-corrected chi connectivity index (χ3v) is 5.94. The summed E-state index contributed by atoms with van der Waals surface area (Å²) in [5.41, 5.74) is 2.06. The number of carboxylic acid groups (broad SMARTS) is 1. The van der Waals surface area contributed by atoms with E-state index in [2.05, 4.69) is 13.8 Å². The van der Waals surface area contributed by atoms with E-state index in [1.54, 1.807) is 13.2 Å². The number of ether oxygens (including phenoxy) is 2. The Morgan fingerprint density at radius 1 is 1.14 bits per heavy atom. The van der Waals surface area contributed by atoms with Crippen molar-refractivity contribution in [3.8, 4) is 11.5 Å². The molecule has 3 rings (SSSR count). The largest absolute Gasteiger partial charge is 0.493 e. The molecule has 0 atom stereocenters. The second-order valence-corrected chi connectivity index (χ2v) is 8.12. The van der Waals surface area contributed by atoms with Crippen LogP contribution < -0.4 is 9.47 Å². The maximum atomic E-state index is 11.9. The number of halogens is 1. The van der Waals surface area contributed by atoms with Crippen molar-refractivity contribution in [3.63, 3.8) is 0 Å². The lowest BCUT2D eigenvalue weighted by Crippen LogP contribution is -1.99.